The smallest absolute Gasteiger partial charge is 0.326 e. The lowest BCUT2D eigenvalue weighted by atomic mass is 9.96. The van der Waals surface area contributed by atoms with Gasteiger partial charge in [0.1, 0.15) is 36.3 Å². The number of guanidine groups is 1. The molecule has 0 radical (unpaired) electrons. The number of nitrogens with one attached hydrogen (secondary N) is 7. The molecule has 0 saturated carbocycles. The van der Waals surface area contributed by atoms with E-state index in [1.165, 1.54) is 0 Å². The predicted molar refractivity (Wildman–Crippen MR) is 236 cm³/mol. The van der Waals surface area contributed by atoms with Gasteiger partial charge >= 0.3 is 11.9 Å². The maximum atomic E-state index is 14.3. The molecule has 0 spiro atoms. The Kier molecular flexibility index (Phi) is 22.3. The van der Waals surface area contributed by atoms with Crippen molar-refractivity contribution in [2.75, 3.05) is 13.2 Å². The third kappa shape index (κ3) is 18.4. The topological polar surface area (TPSA) is 419 Å². The molecule has 0 unspecified atom stereocenters. The van der Waals surface area contributed by atoms with Crippen molar-refractivity contribution in [3.63, 3.8) is 0 Å². The predicted octanol–water partition coefficient (Wildman–Crippen LogP) is -3.09. The molecule has 0 aliphatic rings. The van der Waals surface area contributed by atoms with Crippen LogP contribution in [-0.2, 0) is 49.6 Å². The van der Waals surface area contributed by atoms with Gasteiger partial charge in [-0.3, -0.25) is 43.3 Å². The molecule has 1 aromatic carbocycles. The molecule has 65 heavy (non-hydrogen) atoms. The summed E-state index contributed by atoms with van der Waals surface area (Å²) in [6.45, 7) is 5.97. The maximum Gasteiger partial charge on any atom is 0.326 e. The maximum absolute atomic E-state index is 14.3. The summed E-state index contributed by atoms with van der Waals surface area (Å²) in [5.74, 6) is -10.1. The van der Waals surface area contributed by atoms with Crippen molar-refractivity contribution in [1.82, 2.24) is 36.9 Å². The molecule has 0 aliphatic heterocycles. The zero-order valence-electron chi connectivity index (χ0n) is 36.9. The number of primary amides is 1. The number of aliphatic hydroxyl groups excluding tert-OH is 1. The Balaban J connectivity index is 2.45. The summed E-state index contributed by atoms with van der Waals surface area (Å²) in [6.07, 6.45) is 0.512. The minimum Gasteiger partial charge on any atom is -0.481 e. The van der Waals surface area contributed by atoms with Crippen LogP contribution < -0.4 is 54.8 Å². The first-order chi connectivity index (χ1) is 30.6. The Morgan fingerprint density at radius 3 is 1.88 bits per heavy atom. The van der Waals surface area contributed by atoms with Crippen molar-refractivity contribution in [3.8, 4) is 0 Å². The Morgan fingerprint density at radius 2 is 1.29 bits per heavy atom. The van der Waals surface area contributed by atoms with Crippen LogP contribution >= 0.6 is 0 Å². The average Bonchev–Trinajstić information content (AvgIpc) is 3.65. The summed E-state index contributed by atoms with van der Waals surface area (Å²) < 4.78 is 0. The number of benzene rings is 1. The summed E-state index contributed by atoms with van der Waals surface area (Å²) in [4.78, 5) is 123. The van der Waals surface area contributed by atoms with Crippen LogP contribution in [0.1, 0.15) is 78.2 Å². The van der Waals surface area contributed by atoms with Crippen molar-refractivity contribution >= 4 is 70.2 Å². The number of carboxylic acids is 2. The molecule has 0 bridgehead atoms. The lowest BCUT2D eigenvalue weighted by molar-refractivity contribution is -0.144. The van der Waals surface area contributed by atoms with Crippen molar-refractivity contribution in [3.05, 3.63) is 36.0 Å². The number of hydrogen-bond donors (Lipinski definition) is 14. The number of fused-ring (bicyclic) bond motifs is 1. The highest BCUT2D eigenvalue weighted by atomic mass is 16.4. The van der Waals surface area contributed by atoms with E-state index in [-0.39, 0.29) is 50.5 Å². The molecule has 8 atom stereocenters. The van der Waals surface area contributed by atoms with Gasteiger partial charge in [-0.2, -0.15) is 0 Å². The van der Waals surface area contributed by atoms with Gasteiger partial charge in [0.2, 0.25) is 41.4 Å². The zero-order valence-corrected chi connectivity index (χ0v) is 36.9. The number of para-hydroxylation sites is 1. The fraction of sp³-hybridized carbons (Fsp3) is 0.561. The number of amides is 7. The first-order valence-corrected chi connectivity index (χ1v) is 21.1. The summed E-state index contributed by atoms with van der Waals surface area (Å²) in [5, 5.41) is 44.5. The first-order valence-electron chi connectivity index (χ1n) is 21.1. The van der Waals surface area contributed by atoms with Gasteiger partial charge in [0, 0.05) is 36.5 Å². The molecule has 2 rings (SSSR count). The second kappa shape index (κ2) is 26.7. The van der Waals surface area contributed by atoms with Crippen molar-refractivity contribution in [1.29, 1.82) is 0 Å². The third-order valence-corrected chi connectivity index (χ3v) is 10.3. The number of hydrogen-bond acceptors (Lipinski definition) is 12. The van der Waals surface area contributed by atoms with E-state index >= 15 is 0 Å². The fourth-order valence-electron chi connectivity index (χ4n) is 6.52. The van der Waals surface area contributed by atoms with E-state index in [2.05, 4.69) is 41.9 Å². The van der Waals surface area contributed by atoms with E-state index in [0.717, 1.165) is 0 Å². The highest BCUT2D eigenvalue weighted by Crippen LogP contribution is 2.20. The summed E-state index contributed by atoms with van der Waals surface area (Å²) in [6, 6.07) is -3.04. The molecular weight excluding hydrogens is 853 g/mol. The third-order valence-electron chi connectivity index (χ3n) is 10.3. The van der Waals surface area contributed by atoms with E-state index in [9.17, 15) is 53.4 Å². The molecule has 18 N–H and O–H groups in total. The lowest BCUT2D eigenvalue weighted by Crippen LogP contribution is -2.61. The molecule has 24 nitrogen and oxygen atoms in total. The summed E-state index contributed by atoms with van der Waals surface area (Å²) in [7, 11) is 0. The number of nitrogens with two attached hydrogens (primary N) is 4. The molecule has 24 heteroatoms. The van der Waals surface area contributed by atoms with Crippen LogP contribution in [0.25, 0.3) is 10.9 Å². The highest BCUT2D eigenvalue weighted by Gasteiger charge is 2.35. The largest absolute Gasteiger partial charge is 0.481 e. The number of carbonyl (C=O) groups excluding carboxylic acids is 7. The van der Waals surface area contributed by atoms with Crippen LogP contribution in [0.5, 0.6) is 0 Å². The Labute approximate surface area is 375 Å². The Hall–Kier alpha value is -6.82. The van der Waals surface area contributed by atoms with Gasteiger partial charge in [-0.25, -0.2) is 4.79 Å². The molecule has 2 aromatic rings. The minimum absolute atomic E-state index is 0.0329. The molecule has 0 saturated heterocycles. The lowest BCUT2D eigenvalue weighted by Gasteiger charge is -2.29. The number of aliphatic imine (C=N–C) groups is 1. The number of H-pyrrole nitrogens is 1. The number of aliphatic carboxylic acids is 2. The Morgan fingerprint density at radius 1 is 0.723 bits per heavy atom. The van der Waals surface area contributed by atoms with E-state index in [0.29, 0.717) is 22.9 Å². The number of aromatic nitrogens is 1. The van der Waals surface area contributed by atoms with Gasteiger partial charge in [-0.15, -0.1) is 0 Å². The molecule has 0 aliphatic carbocycles. The Bertz CT molecular complexity index is 2020. The SMILES string of the molecule is CC[C@H](C)[C@H](NC(=O)[C@H](CC(C)C)NC(=O)[C@H](Cc1c[nH]c2ccccc12)NC(=O)[C@H](CO)NC(=O)[C@H](CCCN=C(N)N)NC(=O)[C@@H](N)CCC(=O)O)C(=O)N[C@@H](CC(N)=O)C(=O)O. The number of carbonyl (C=O) groups is 9. The van der Waals surface area contributed by atoms with Gasteiger partial charge < -0.3 is 75.1 Å². The second-order valence-corrected chi connectivity index (χ2v) is 16.0. The average molecular weight is 917 g/mol. The van der Waals surface area contributed by atoms with Gasteiger partial charge in [-0.05, 0) is 49.1 Å². The normalized spacial score (nSPS) is 14.8. The number of nitrogens with zero attached hydrogens (tertiary/aromatic N) is 1. The number of aromatic amines is 1. The van der Waals surface area contributed by atoms with E-state index < -0.39 is 121 Å². The van der Waals surface area contributed by atoms with Crippen molar-refractivity contribution in [2.24, 2.45) is 39.8 Å². The van der Waals surface area contributed by atoms with Crippen LogP contribution in [0.15, 0.2) is 35.5 Å². The van der Waals surface area contributed by atoms with Crippen molar-refractivity contribution < 1.29 is 58.5 Å². The number of rotatable bonds is 29. The first kappa shape index (κ1) is 54.3. The van der Waals surface area contributed by atoms with Gasteiger partial charge in [0.25, 0.3) is 0 Å². The van der Waals surface area contributed by atoms with Gasteiger partial charge in [0.05, 0.1) is 19.1 Å². The van der Waals surface area contributed by atoms with E-state index in [1.807, 2.05) is 0 Å². The monoisotopic (exact) mass is 916 g/mol. The van der Waals surface area contributed by atoms with Crippen LogP contribution in [0, 0.1) is 11.8 Å². The number of carboxylic acid groups (broad SMARTS) is 2. The van der Waals surface area contributed by atoms with E-state index in [1.54, 1.807) is 58.2 Å². The molecule has 360 valence electrons. The standard InChI is InChI=1S/C41H64N12O12/c1-5-21(4)33(39(63)51-29(40(64)65)17-31(43)55)53-37(61)27(15-20(2)3)49-36(60)28(16-22-18-47-25-10-7-6-9-23(22)25)50-38(62)30(19-54)52-35(59)26(11-8-14-46-41(44)45)48-34(58)24(42)12-13-32(56)57/h6-7,9-10,18,20-21,24,26-30,33,47,54H,5,8,11-17,19,42H2,1-4H3,(H2,43,55)(H,48,58)(H,49,60)(H,50,62)(H,51,63)(H,52,59)(H,53,61)(H,56,57)(H,64,65)(H4,44,45,46)/t21-,24-,26-,27-,28-,29-,30-,33-/m0/s1. The zero-order chi connectivity index (χ0) is 49.0. The highest BCUT2D eigenvalue weighted by molar-refractivity contribution is 5.98. The van der Waals surface area contributed by atoms with Crippen LogP contribution in [0.2, 0.25) is 0 Å². The molecule has 1 aromatic heterocycles. The van der Waals surface area contributed by atoms with Gasteiger partial charge in [-0.1, -0.05) is 52.3 Å². The van der Waals surface area contributed by atoms with Crippen LogP contribution in [0.4, 0.5) is 0 Å². The molecule has 1 heterocycles. The fourth-order valence-corrected chi connectivity index (χ4v) is 6.52. The second-order valence-electron chi connectivity index (χ2n) is 16.0. The van der Waals surface area contributed by atoms with E-state index in [4.69, 9.17) is 28.0 Å². The van der Waals surface area contributed by atoms with Crippen molar-refractivity contribution in [2.45, 2.75) is 121 Å². The molecule has 7 amide bonds. The van der Waals surface area contributed by atoms with Crippen LogP contribution in [-0.4, -0.2) is 135 Å². The molecular formula is C41H64N12O12. The quantitative estimate of drug-likeness (QED) is 0.0219. The molecule has 0 fully saturated rings. The summed E-state index contributed by atoms with van der Waals surface area (Å²) >= 11 is 0. The minimum atomic E-state index is -1.70. The summed E-state index contributed by atoms with van der Waals surface area (Å²) in [5.41, 5.74) is 23.1. The van der Waals surface area contributed by atoms with Crippen LogP contribution in [0.3, 0.4) is 0 Å². The number of aliphatic hydroxyl groups is 1. The van der Waals surface area contributed by atoms with Gasteiger partial charge in [0.15, 0.2) is 5.96 Å².